The van der Waals surface area contributed by atoms with Crippen molar-refractivity contribution in [1.82, 2.24) is 14.9 Å². The standard InChI is InChI=1S/C18H17ClN4OS/c1-12(24)22-7-9-23(10-8-22)16-15-14(13-5-3-2-4-6-13)11-25-17(15)21-18(19)20-16/h2-6,11H,7-10H2,1H3. The average Bonchev–Trinajstić information content (AvgIpc) is 3.05. The minimum absolute atomic E-state index is 0.117. The fourth-order valence-electron chi connectivity index (χ4n) is 3.19. The summed E-state index contributed by atoms with van der Waals surface area (Å²) in [5.74, 6) is 0.976. The van der Waals surface area contributed by atoms with Crippen molar-refractivity contribution in [1.29, 1.82) is 0 Å². The third-order valence-corrected chi connectivity index (χ3v) is 5.54. The Balaban J connectivity index is 1.78. The Labute approximate surface area is 154 Å². The third kappa shape index (κ3) is 3.07. The number of rotatable bonds is 2. The lowest BCUT2D eigenvalue weighted by atomic mass is 10.1. The monoisotopic (exact) mass is 372 g/mol. The maximum absolute atomic E-state index is 11.6. The van der Waals surface area contributed by atoms with Crippen molar-refractivity contribution in [2.75, 3.05) is 31.1 Å². The zero-order valence-corrected chi connectivity index (χ0v) is 15.3. The summed E-state index contributed by atoms with van der Waals surface area (Å²) in [5, 5.41) is 3.41. The van der Waals surface area contributed by atoms with Gasteiger partial charge in [-0.05, 0) is 17.2 Å². The van der Waals surface area contributed by atoms with Crippen molar-refractivity contribution in [3.63, 3.8) is 0 Å². The molecule has 25 heavy (non-hydrogen) atoms. The smallest absolute Gasteiger partial charge is 0.225 e. The van der Waals surface area contributed by atoms with E-state index in [1.165, 1.54) is 0 Å². The number of nitrogens with zero attached hydrogens (tertiary/aromatic N) is 4. The SMILES string of the molecule is CC(=O)N1CCN(c2nc(Cl)nc3scc(-c4ccccc4)c23)CC1. The Morgan fingerprint density at radius 2 is 1.84 bits per heavy atom. The van der Waals surface area contributed by atoms with Gasteiger partial charge in [-0.15, -0.1) is 11.3 Å². The van der Waals surface area contributed by atoms with Crippen LogP contribution >= 0.6 is 22.9 Å². The van der Waals surface area contributed by atoms with Crippen LogP contribution in [0.5, 0.6) is 0 Å². The van der Waals surface area contributed by atoms with Crippen LogP contribution in [0.4, 0.5) is 5.82 Å². The Kier molecular flexibility index (Phi) is 4.31. The number of carbonyl (C=O) groups excluding carboxylic acids is 1. The molecule has 2 aromatic heterocycles. The summed E-state index contributed by atoms with van der Waals surface area (Å²) in [6, 6.07) is 10.2. The zero-order chi connectivity index (χ0) is 17.4. The second-order valence-corrected chi connectivity index (χ2v) is 7.20. The number of amides is 1. The maximum atomic E-state index is 11.6. The highest BCUT2D eigenvalue weighted by Crippen LogP contribution is 2.39. The number of hydrogen-bond acceptors (Lipinski definition) is 5. The first-order chi connectivity index (χ1) is 12.1. The highest BCUT2D eigenvalue weighted by Gasteiger charge is 2.24. The molecule has 3 aromatic rings. The Morgan fingerprint density at radius 1 is 1.12 bits per heavy atom. The molecule has 0 atom stereocenters. The molecule has 1 aliphatic rings. The predicted octanol–water partition coefficient (Wildman–Crippen LogP) is 3.68. The molecule has 0 unspecified atom stereocenters. The van der Waals surface area contributed by atoms with Gasteiger partial charge in [-0.2, -0.15) is 4.98 Å². The molecule has 0 spiro atoms. The van der Waals surface area contributed by atoms with E-state index in [1.807, 2.05) is 23.1 Å². The lowest BCUT2D eigenvalue weighted by molar-refractivity contribution is -0.129. The van der Waals surface area contributed by atoms with Gasteiger partial charge in [0.25, 0.3) is 0 Å². The number of anilines is 1. The quantitative estimate of drug-likeness (QED) is 0.644. The van der Waals surface area contributed by atoms with Crippen LogP contribution in [0.25, 0.3) is 21.3 Å². The summed E-state index contributed by atoms with van der Waals surface area (Å²) in [4.78, 5) is 25.5. The predicted molar refractivity (Wildman–Crippen MR) is 102 cm³/mol. The number of halogens is 1. The van der Waals surface area contributed by atoms with Crippen molar-refractivity contribution in [2.24, 2.45) is 0 Å². The fraction of sp³-hybridized carbons (Fsp3) is 0.278. The second kappa shape index (κ2) is 6.61. The van der Waals surface area contributed by atoms with Crippen molar-refractivity contribution in [2.45, 2.75) is 6.92 Å². The number of piperazine rings is 1. The van der Waals surface area contributed by atoms with Gasteiger partial charge in [-0.1, -0.05) is 30.3 Å². The topological polar surface area (TPSA) is 49.3 Å². The number of fused-ring (bicyclic) bond motifs is 1. The van der Waals surface area contributed by atoms with Crippen LogP contribution < -0.4 is 4.90 Å². The van der Waals surface area contributed by atoms with Crippen molar-refractivity contribution in [3.8, 4) is 11.1 Å². The summed E-state index contributed by atoms with van der Waals surface area (Å²) >= 11 is 7.75. The van der Waals surface area contributed by atoms with Crippen LogP contribution in [0.3, 0.4) is 0 Å². The van der Waals surface area contributed by atoms with Crippen molar-refractivity contribution < 1.29 is 4.79 Å². The van der Waals surface area contributed by atoms with Gasteiger partial charge in [0.05, 0.1) is 5.39 Å². The van der Waals surface area contributed by atoms with Gasteiger partial charge in [0.15, 0.2) is 0 Å². The molecule has 1 amide bonds. The fourth-order valence-corrected chi connectivity index (χ4v) is 4.35. The van der Waals surface area contributed by atoms with Crippen LogP contribution in [0.2, 0.25) is 5.28 Å². The summed E-state index contributed by atoms with van der Waals surface area (Å²) < 4.78 is 0. The van der Waals surface area contributed by atoms with E-state index in [0.717, 1.165) is 40.3 Å². The van der Waals surface area contributed by atoms with E-state index >= 15 is 0 Å². The number of hydrogen-bond donors (Lipinski definition) is 0. The molecule has 1 saturated heterocycles. The molecule has 7 heteroatoms. The van der Waals surface area contributed by atoms with E-state index in [4.69, 9.17) is 11.6 Å². The first kappa shape index (κ1) is 16.3. The van der Waals surface area contributed by atoms with Gasteiger partial charge in [-0.3, -0.25) is 4.79 Å². The van der Waals surface area contributed by atoms with Crippen molar-refractivity contribution in [3.05, 3.63) is 41.0 Å². The summed E-state index contributed by atoms with van der Waals surface area (Å²) in [7, 11) is 0. The molecule has 0 radical (unpaired) electrons. The Bertz CT molecular complexity index is 919. The molecule has 1 fully saturated rings. The van der Waals surface area contributed by atoms with E-state index in [-0.39, 0.29) is 11.2 Å². The van der Waals surface area contributed by atoms with Crippen LogP contribution in [0.15, 0.2) is 35.7 Å². The molecule has 0 bridgehead atoms. The number of carbonyl (C=O) groups is 1. The first-order valence-corrected chi connectivity index (χ1v) is 9.40. The van der Waals surface area contributed by atoms with Crippen LogP contribution in [0, 0.1) is 0 Å². The van der Waals surface area contributed by atoms with Gasteiger partial charge in [-0.25, -0.2) is 4.98 Å². The average molecular weight is 373 g/mol. The normalized spacial score (nSPS) is 15.0. The number of aromatic nitrogens is 2. The largest absolute Gasteiger partial charge is 0.352 e. The summed E-state index contributed by atoms with van der Waals surface area (Å²) in [6.45, 7) is 4.49. The minimum atomic E-state index is 0.117. The van der Waals surface area contributed by atoms with Crippen molar-refractivity contribution >= 4 is 44.9 Å². The first-order valence-electron chi connectivity index (χ1n) is 8.14. The van der Waals surface area contributed by atoms with Crippen LogP contribution in [-0.2, 0) is 4.79 Å². The van der Waals surface area contributed by atoms with E-state index in [2.05, 4.69) is 32.4 Å². The highest BCUT2D eigenvalue weighted by atomic mass is 35.5. The Hall–Kier alpha value is -2.18. The molecule has 1 aromatic carbocycles. The zero-order valence-electron chi connectivity index (χ0n) is 13.8. The van der Waals surface area contributed by atoms with E-state index in [0.29, 0.717) is 13.1 Å². The number of benzene rings is 1. The van der Waals surface area contributed by atoms with E-state index < -0.39 is 0 Å². The van der Waals surface area contributed by atoms with Gasteiger partial charge in [0, 0.05) is 44.0 Å². The van der Waals surface area contributed by atoms with Crippen LogP contribution in [-0.4, -0.2) is 47.0 Å². The van der Waals surface area contributed by atoms with Gasteiger partial charge in [0.2, 0.25) is 11.2 Å². The molecule has 1 aliphatic heterocycles. The highest BCUT2D eigenvalue weighted by molar-refractivity contribution is 7.17. The third-order valence-electron chi connectivity index (χ3n) is 4.50. The second-order valence-electron chi connectivity index (χ2n) is 6.00. The molecule has 4 rings (SSSR count). The summed E-state index contributed by atoms with van der Waals surface area (Å²) in [5.41, 5.74) is 2.27. The molecule has 5 nitrogen and oxygen atoms in total. The molecular weight excluding hydrogens is 356 g/mol. The number of thiophene rings is 1. The lowest BCUT2D eigenvalue weighted by Crippen LogP contribution is -2.48. The molecule has 128 valence electrons. The Morgan fingerprint density at radius 3 is 2.52 bits per heavy atom. The van der Waals surface area contributed by atoms with E-state index in [1.54, 1.807) is 18.3 Å². The molecule has 0 saturated carbocycles. The molecular formula is C18H17ClN4OS. The lowest BCUT2D eigenvalue weighted by Gasteiger charge is -2.35. The van der Waals surface area contributed by atoms with Gasteiger partial charge < -0.3 is 9.80 Å². The minimum Gasteiger partial charge on any atom is -0.352 e. The van der Waals surface area contributed by atoms with Gasteiger partial charge in [0.1, 0.15) is 10.6 Å². The van der Waals surface area contributed by atoms with E-state index in [9.17, 15) is 4.79 Å². The summed E-state index contributed by atoms with van der Waals surface area (Å²) in [6.07, 6.45) is 0. The molecule has 0 aliphatic carbocycles. The van der Waals surface area contributed by atoms with Gasteiger partial charge >= 0.3 is 0 Å². The molecule has 0 N–H and O–H groups in total. The molecule has 3 heterocycles. The van der Waals surface area contributed by atoms with Crippen LogP contribution in [0.1, 0.15) is 6.92 Å². The maximum Gasteiger partial charge on any atom is 0.225 e.